The van der Waals surface area contributed by atoms with Gasteiger partial charge in [-0.25, -0.2) is 8.42 Å². The van der Waals surface area contributed by atoms with Crippen molar-refractivity contribution < 1.29 is 56.2 Å². The van der Waals surface area contributed by atoms with E-state index >= 15 is 0 Å². The van der Waals surface area contributed by atoms with Gasteiger partial charge in [-0.2, -0.15) is 0 Å². The van der Waals surface area contributed by atoms with Crippen LogP contribution in [0.2, 0.25) is 0 Å². The van der Waals surface area contributed by atoms with Crippen molar-refractivity contribution in [2.24, 2.45) is 23.7 Å². The maximum absolute atomic E-state index is 14.2. The van der Waals surface area contributed by atoms with Crippen LogP contribution in [0.5, 0.6) is 0 Å². The fourth-order valence-corrected chi connectivity index (χ4v) is 13.2. The van der Waals surface area contributed by atoms with Crippen molar-refractivity contribution >= 4 is 15.6 Å². The second kappa shape index (κ2) is 15.1. The molecule has 0 aromatic heterocycles. The summed E-state index contributed by atoms with van der Waals surface area (Å²) in [4.78, 5) is 14.2. The Morgan fingerprint density at radius 2 is 1.55 bits per heavy atom. The Morgan fingerprint density at radius 1 is 0.818 bits per heavy atom. The number of methoxy groups -OCH3 is 1. The van der Waals surface area contributed by atoms with E-state index in [9.17, 15) is 18.3 Å². The van der Waals surface area contributed by atoms with Crippen molar-refractivity contribution in [1.29, 1.82) is 0 Å². The molecule has 9 saturated heterocycles. The van der Waals surface area contributed by atoms with Crippen molar-refractivity contribution in [1.82, 2.24) is 0 Å². The third kappa shape index (κ3) is 7.71. The van der Waals surface area contributed by atoms with Crippen LogP contribution in [-0.2, 0) is 52.5 Å². The first-order chi connectivity index (χ1) is 26.2. The molecule has 1 spiro atoms. The molecule has 19 unspecified atom stereocenters. The molecule has 0 aromatic rings. The van der Waals surface area contributed by atoms with Crippen LogP contribution in [0, 0.1) is 23.7 Å². The summed E-state index contributed by atoms with van der Waals surface area (Å²) in [6.07, 6.45) is 7.09. The van der Waals surface area contributed by atoms with Crippen LogP contribution >= 0.6 is 0 Å². The standard InChI is InChI=1S/C42H62O12S/c1-21-12-28-6-8-32-22(2)13-30(48-32)10-11-42-19-35-38(53-42)39-40(52-35)41(54-42)37-33(51-39)9-7-29(50-37)17-26(43)18-31-24(16-34(49-28)23(21)3)14-25(36(31)47-4)15-27(44)20-55(5,45)46/h21,24-25,27-41,44H,2-3,6-20H2,1,4-5H3. The highest BCUT2D eigenvalue weighted by Crippen LogP contribution is 2.55. The van der Waals surface area contributed by atoms with Gasteiger partial charge >= 0.3 is 0 Å². The summed E-state index contributed by atoms with van der Waals surface area (Å²) in [6.45, 7) is 11.2. The highest BCUT2D eigenvalue weighted by molar-refractivity contribution is 7.90. The van der Waals surface area contributed by atoms with Gasteiger partial charge in [0.05, 0.1) is 60.7 Å². The van der Waals surface area contributed by atoms with Gasteiger partial charge in [-0.05, 0) is 99.0 Å². The number of carbonyl (C=O) groups is 1. The molecule has 0 aromatic carbocycles. The Kier molecular flexibility index (Phi) is 10.8. The zero-order valence-electron chi connectivity index (χ0n) is 32.8. The largest absolute Gasteiger partial charge is 0.392 e. The Balaban J connectivity index is 0.989. The number of hydrogen-bond donors (Lipinski definition) is 1. The smallest absolute Gasteiger partial charge is 0.172 e. The van der Waals surface area contributed by atoms with E-state index in [1.54, 1.807) is 7.11 Å². The Hall–Kier alpha value is -1.26. The van der Waals surface area contributed by atoms with E-state index in [0.717, 1.165) is 55.9 Å². The summed E-state index contributed by atoms with van der Waals surface area (Å²) >= 11 is 0. The van der Waals surface area contributed by atoms with E-state index in [2.05, 4.69) is 20.1 Å². The van der Waals surface area contributed by atoms with Gasteiger partial charge in [-0.3, -0.25) is 4.79 Å². The van der Waals surface area contributed by atoms with Crippen molar-refractivity contribution in [3.63, 3.8) is 0 Å². The van der Waals surface area contributed by atoms with Crippen LogP contribution in [0.1, 0.15) is 96.8 Å². The number of Topliss-reactive ketones (excluding diaryl/α,β-unsaturated/α-hetero) is 1. The molecule has 55 heavy (non-hydrogen) atoms. The van der Waals surface area contributed by atoms with Crippen molar-refractivity contribution in [2.75, 3.05) is 19.1 Å². The van der Waals surface area contributed by atoms with Gasteiger partial charge in [0.1, 0.15) is 46.1 Å². The molecule has 19 atom stereocenters. The third-order valence-electron chi connectivity index (χ3n) is 14.8. The zero-order chi connectivity index (χ0) is 38.4. The lowest BCUT2D eigenvalue weighted by molar-refractivity contribution is -0.292. The van der Waals surface area contributed by atoms with Crippen LogP contribution < -0.4 is 0 Å². The number of fused-ring (bicyclic) bond motifs is 6. The van der Waals surface area contributed by atoms with Crippen molar-refractivity contribution in [3.05, 3.63) is 24.3 Å². The number of hydrogen-bond acceptors (Lipinski definition) is 12. The summed E-state index contributed by atoms with van der Waals surface area (Å²) in [5, 5.41) is 10.9. The monoisotopic (exact) mass is 790 g/mol. The van der Waals surface area contributed by atoms with Gasteiger partial charge in [-0.1, -0.05) is 20.1 Å². The highest BCUT2D eigenvalue weighted by Gasteiger charge is 2.68. The first-order valence-corrected chi connectivity index (χ1v) is 23.2. The molecule has 12 nitrogen and oxygen atoms in total. The van der Waals surface area contributed by atoms with Crippen LogP contribution in [0.15, 0.2) is 24.3 Å². The molecular formula is C42H62O12S. The van der Waals surface area contributed by atoms with Crippen LogP contribution in [0.25, 0.3) is 0 Å². The first-order valence-electron chi connectivity index (χ1n) is 21.1. The quantitative estimate of drug-likeness (QED) is 0.395. The molecule has 0 amide bonds. The Morgan fingerprint density at radius 3 is 2.35 bits per heavy atom. The molecule has 12 bridgehead atoms. The fraction of sp³-hybridized carbons (Fsp3) is 0.881. The normalized spacial score (nSPS) is 50.5. The average Bonchev–Trinajstić information content (AvgIpc) is 3.79. The van der Waals surface area contributed by atoms with E-state index in [1.165, 1.54) is 0 Å². The van der Waals surface area contributed by atoms with Gasteiger partial charge in [0.25, 0.3) is 0 Å². The third-order valence-corrected chi connectivity index (χ3v) is 15.8. The first kappa shape index (κ1) is 39.2. The van der Waals surface area contributed by atoms with Crippen LogP contribution in [-0.4, -0.2) is 130 Å². The number of sulfone groups is 1. The molecule has 1 saturated carbocycles. The average molecular weight is 791 g/mol. The number of aliphatic hydroxyl groups excluding tert-OH is 1. The molecule has 13 heteroatoms. The number of aliphatic hydroxyl groups is 1. The Bertz CT molecular complexity index is 1600. The maximum atomic E-state index is 14.2. The molecule has 10 fully saturated rings. The molecule has 308 valence electrons. The lowest BCUT2D eigenvalue weighted by Gasteiger charge is -2.47. The topological polar surface area (TPSA) is 145 Å². The number of ether oxygens (including phenoxy) is 8. The molecule has 0 radical (unpaired) electrons. The van der Waals surface area contributed by atoms with Gasteiger partial charge in [0.2, 0.25) is 0 Å². The predicted molar refractivity (Wildman–Crippen MR) is 200 cm³/mol. The van der Waals surface area contributed by atoms with Crippen molar-refractivity contribution in [3.8, 4) is 0 Å². The molecule has 9 aliphatic heterocycles. The fourth-order valence-electron chi connectivity index (χ4n) is 12.3. The van der Waals surface area contributed by atoms with Crippen LogP contribution in [0.4, 0.5) is 0 Å². The molecular weight excluding hydrogens is 729 g/mol. The van der Waals surface area contributed by atoms with Gasteiger partial charge in [-0.15, -0.1) is 0 Å². The number of rotatable bonds is 5. The predicted octanol–water partition coefficient (Wildman–Crippen LogP) is 4.39. The summed E-state index contributed by atoms with van der Waals surface area (Å²) < 4.78 is 77.7. The number of ketones is 1. The van der Waals surface area contributed by atoms with Gasteiger partial charge in [0, 0.05) is 39.0 Å². The molecule has 10 rings (SSSR count). The minimum Gasteiger partial charge on any atom is -0.392 e. The second-order valence-corrected chi connectivity index (χ2v) is 21.0. The maximum Gasteiger partial charge on any atom is 0.172 e. The summed E-state index contributed by atoms with van der Waals surface area (Å²) in [5.74, 6) is -0.881. The minimum atomic E-state index is -3.37. The van der Waals surface area contributed by atoms with E-state index in [0.29, 0.717) is 38.5 Å². The van der Waals surface area contributed by atoms with Crippen molar-refractivity contribution in [2.45, 2.75) is 188 Å². The van der Waals surface area contributed by atoms with Gasteiger partial charge in [0.15, 0.2) is 5.79 Å². The van der Waals surface area contributed by atoms with Gasteiger partial charge < -0.3 is 43.0 Å². The molecule has 10 aliphatic rings. The van der Waals surface area contributed by atoms with E-state index in [4.69, 9.17) is 37.9 Å². The molecule has 9 heterocycles. The highest BCUT2D eigenvalue weighted by atomic mass is 32.2. The van der Waals surface area contributed by atoms with Crippen LogP contribution in [0.3, 0.4) is 0 Å². The van der Waals surface area contributed by atoms with E-state index in [1.807, 2.05) is 0 Å². The minimum absolute atomic E-state index is 0.0287. The molecule has 1 aliphatic carbocycles. The zero-order valence-corrected chi connectivity index (χ0v) is 33.6. The summed E-state index contributed by atoms with van der Waals surface area (Å²) in [5.41, 5.74) is 2.21. The Labute approximate surface area is 326 Å². The SMILES string of the molecule is C=C1CC2CCC34CC5OC6C(OC7CCC(CC(=O)CC8C(CC9OC(CCC1O2)CC(C)C9=C)CC(CC(O)CS(C)(=O)=O)C8OC)OC7C6O3)C5O4. The molecule has 1 N–H and O–H groups in total. The summed E-state index contributed by atoms with van der Waals surface area (Å²) in [6, 6.07) is 0. The van der Waals surface area contributed by atoms with E-state index in [-0.39, 0.29) is 127 Å². The van der Waals surface area contributed by atoms with E-state index < -0.39 is 21.7 Å². The summed E-state index contributed by atoms with van der Waals surface area (Å²) in [7, 11) is -1.71. The lowest BCUT2D eigenvalue weighted by atomic mass is 9.79. The number of carbonyl (C=O) groups excluding carboxylic acids is 1. The lowest BCUT2D eigenvalue weighted by Crippen LogP contribution is -2.61. The second-order valence-electron chi connectivity index (χ2n) is 18.8.